The molecule has 1 aromatic carbocycles. The van der Waals surface area contributed by atoms with Crippen molar-refractivity contribution in [3.05, 3.63) is 29.8 Å². The van der Waals surface area contributed by atoms with Crippen molar-refractivity contribution < 1.29 is 9.47 Å². The third-order valence-corrected chi connectivity index (χ3v) is 3.87. The molecule has 0 aliphatic heterocycles. The van der Waals surface area contributed by atoms with E-state index in [1.807, 2.05) is 19.2 Å². The molecule has 0 spiro atoms. The van der Waals surface area contributed by atoms with Crippen molar-refractivity contribution in [2.24, 2.45) is 0 Å². The van der Waals surface area contributed by atoms with Gasteiger partial charge in [-0.3, -0.25) is 0 Å². The van der Waals surface area contributed by atoms with E-state index in [-0.39, 0.29) is 11.6 Å². The summed E-state index contributed by atoms with van der Waals surface area (Å²) in [5.41, 5.74) is 1.04. The van der Waals surface area contributed by atoms with Crippen molar-refractivity contribution in [1.29, 1.82) is 0 Å². The highest BCUT2D eigenvalue weighted by Crippen LogP contribution is 2.36. The van der Waals surface area contributed by atoms with Crippen LogP contribution in [0.4, 0.5) is 0 Å². The predicted molar refractivity (Wildman–Crippen MR) is 79.7 cm³/mol. The summed E-state index contributed by atoms with van der Waals surface area (Å²) in [5, 5.41) is 3.42. The molecular weight excluding hydrogens is 238 g/mol. The molecule has 1 atom stereocenters. The van der Waals surface area contributed by atoms with E-state index in [4.69, 9.17) is 9.47 Å². The van der Waals surface area contributed by atoms with E-state index in [0.29, 0.717) is 0 Å². The Labute approximate surface area is 117 Å². The van der Waals surface area contributed by atoms with E-state index in [0.717, 1.165) is 25.2 Å². The lowest BCUT2D eigenvalue weighted by Gasteiger charge is -2.39. The zero-order valence-corrected chi connectivity index (χ0v) is 12.8. The minimum absolute atomic E-state index is 0.164. The molecule has 0 aromatic heterocycles. The Morgan fingerprint density at radius 1 is 1.21 bits per heavy atom. The van der Waals surface area contributed by atoms with Gasteiger partial charge in [0.2, 0.25) is 0 Å². The summed E-state index contributed by atoms with van der Waals surface area (Å²) in [6, 6.07) is 8.37. The van der Waals surface area contributed by atoms with Crippen LogP contribution in [0.5, 0.6) is 5.75 Å². The zero-order chi connectivity index (χ0) is 14.3. The summed E-state index contributed by atoms with van der Waals surface area (Å²) in [4.78, 5) is 0. The highest BCUT2D eigenvalue weighted by Gasteiger charge is 2.36. The van der Waals surface area contributed by atoms with Gasteiger partial charge in [0.25, 0.3) is 0 Å². The van der Waals surface area contributed by atoms with Gasteiger partial charge in [-0.25, -0.2) is 0 Å². The first-order valence-electron chi connectivity index (χ1n) is 7.12. The SMILES string of the molecule is CCOC(CC)(CC)C(NC)c1cccc(OC)c1. The van der Waals surface area contributed by atoms with Gasteiger partial charge >= 0.3 is 0 Å². The number of rotatable bonds is 8. The maximum Gasteiger partial charge on any atom is 0.119 e. The van der Waals surface area contributed by atoms with E-state index in [1.54, 1.807) is 7.11 Å². The van der Waals surface area contributed by atoms with E-state index < -0.39 is 0 Å². The van der Waals surface area contributed by atoms with Crippen LogP contribution in [0.3, 0.4) is 0 Å². The van der Waals surface area contributed by atoms with Gasteiger partial charge in [-0.2, -0.15) is 0 Å². The second-order valence-electron chi connectivity index (χ2n) is 4.70. The van der Waals surface area contributed by atoms with Gasteiger partial charge in [-0.05, 0) is 44.5 Å². The number of ether oxygens (including phenoxy) is 2. The second-order valence-corrected chi connectivity index (χ2v) is 4.70. The van der Waals surface area contributed by atoms with E-state index in [1.165, 1.54) is 5.56 Å². The fourth-order valence-electron chi connectivity index (χ4n) is 2.79. The average Bonchev–Trinajstić information content (AvgIpc) is 2.47. The molecule has 0 radical (unpaired) electrons. The predicted octanol–water partition coefficient (Wildman–Crippen LogP) is 3.55. The van der Waals surface area contributed by atoms with Crippen molar-refractivity contribution in [3.8, 4) is 5.75 Å². The molecule has 0 saturated heterocycles. The van der Waals surface area contributed by atoms with Gasteiger partial charge in [0.05, 0.1) is 18.8 Å². The summed E-state index contributed by atoms with van der Waals surface area (Å²) >= 11 is 0. The Kier molecular flexibility index (Phi) is 6.32. The molecule has 1 aromatic rings. The molecule has 19 heavy (non-hydrogen) atoms. The van der Waals surface area contributed by atoms with Gasteiger partial charge in [-0.15, -0.1) is 0 Å². The smallest absolute Gasteiger partial charge is 0.119 e. The summed E-state index contributed by atoms with van der Waals surface area (Å²) in [6.07, 6.45) is 1.94. The van der Waals surface area contributed by atoms with Crippen molar-refractivity contribution >= 4 is 0 Å². The normalized spacial score (nSPS) is 13.3. The van der Waals surface area contributed by atoms with Crippen LogP contribution in [0.25, 0.3) is 0 Å². The van der Waals surface area contributed by atoms with Crippen molar-refractivity contribution in [1.82, 2.24) is 5.32 Å². The quantitative estimate of drug-likeness (QED) is 0.779. The number of benzene rings is 1. The van der Waals surface area contributed by atoms with Crippen LogP contribution >= 0.6 is 0 Å². The Hall–Kier alpha value is -1.06. The van der Waals surface area contributed by atoms with Crippen LogP contribution in [0.15, 0.2) is 24.3 Å². The largest absolute Gasteiger partial charge is 0.497 e. The first kappa shape index (κ1) is 16.0. The average molecular weight is 265 g/mol. The molecule has 0 aliphatic rings. The number of nitrogens with one attached hydrogen (secondary N) is 1. The van der Waals surface area contributed by atoms with E-state index in [2.05, 4.69) is 38.2 Å². The standard InChI is InChI=1S/C16H27NO2/c1-6-16(7-2,19-8-3)15(17-4)13-10-9-11-14(12-13)18-5/h9-12,15,17H,6-8H2,1-5H3. The lowest BCUT2D eigenvalue weighted by atomic mass is 9.83. The van der Waals surface area contributed by atoms with Crippen molar-refractivity contribution in [2.45, 2.75) is 45.3 Å². The van der Waals surface area contributed by atoms with Crippen molar-refractivity contribution in [2.75, 3.05) is 20.8 Å². The topological polar surface area (TPSA) is 30.5 Å². The number of likely N-dealkylation sites (N-methyl/N-ethyl adjacent to an activating group) is 1. The minimum atomic E-state index is -0.171. The molecule has 1 N–H and O–H groups in total. The summed E-state index contributed by atoms with van der Waals surface area (Å²) in [5.74, 6) is 0.885. The number of hydrogen-bond acceptors (Lipinski definition) is 3. The summed E-state index contributed by atoms with van der Waals surface area (Å²) < 4.78 is 11.4. The summed E-state index contributed by atoms with van der Waals surface area (Å²) in [7, 11) is 3.69. The van der Waals surface area contributed by atoms with Crippen LogP contribution < -0.4 is 10.1 Å². The number of hydrogen-bond donors (Lipinski definition) is 1. The number of methoxy groups -OCH3 is 1. The molecule has 1 unspecified atom stereocenters. The lowest BCUT2D eigenvalue weighted by Crippen LogP contribution is -2.44. The van der Waals surface area contributed by atoms with E-state index in [9.17, 15) is 0 Å². The molecule has 0 aliphatic carbocycles. The minimum Gasteiger partial charge on any atom is -0.497 e. The third-order valence-electron chi connectivity index (χ3n) is 3.87. The molecule has 0 amide bonds. The highest BCUT2D eigenvalue weighted by molar-refractivity contribution is 5.32. The fraction of sp³-hybridized carbons (Fsp3) is 0.625. The molecule has 3 nitrogen and oxygen atoms in total. The Balaban J connectivity index is 3.14. The first-order chi connectivity index (χ1) is 9.17. The molecule has 0 saturated carbocycles. The Morgan fingerprint density at radius 3 is 2.37 bits per heavy atom. The first-order valence-corrected chi connectivity index (χ1v) is 7.12. The molecule has 108 valence electrons. The van der Waals surface area contributed by atoms with Crippen LogP contribution in [0.1, 0.15) is 45.2 Å². The molecule has 0 fully saturated rings. The van der Waals surface area contributed by atoms with Crippen LogP contribution in [-0.2, 0) is 4.74 Å². The molecular formula is C16H27NO2. The summed E-state index contributed by atoms with van der Waals surface area (Å²) in [6.45, 7) is 7.15. The maximum atomic E-state index is 6.11. The van der Waals surface area contributed by atoms with Gasteiger partial charge in [0.15, 0.2) is 0 Å². The zero-order valence-electron chi connectivity index (χ0n) is 12.8. The van der Waals surface area contributed by atoms with Crippen LogP contribution in [0.2, 0.25) is 0 Å². The lowest BCUT2D eigenvalue weighted by molar-refractivity contribution is -0.0718. The monoisotopic (exact) mass is 265 g/mol. The van der Waals surface area contributed by atoms with Crippen LogP contribution in [-0.4, -0.2) is 26.4 Å². The molecule has 3 heteroatoms. The second kappa shape index (κ2) is 7.51. The molecule has 0 heterocycles. The Bertz CT molecular complexity index is 375. The third kappa shape index (κ3) is 3.48. The fourth-order valence-corrected chi connectivity index (χ4v) is 2.79. The molecule has 0 bridgehead atoms. The molecule has 1 rings (SSSR count). The van der Waals surface area contributed by atoms with Crippen molar-refractivity contribution in [3.63, 3.8) is 0 Å². The van der Waals surface area contributed by atoms with Gasteiger partial charge < -0.3 is 14.8 Å². The Morgan fingerprint density at radius 2 is 1.89 bits per heavy atom. The van der Waals surface area contributed by atoms with Gasteiger partial charge in [0.1, 0.15) is 5.75 Å². The van der Waals surface area contributed by atoms with Gasteiger partial charge in [-0.1, -0.05) is 26.0 Å². The highest BCUT2D eigenvalue weighted by atomic mass is 16.5. The maximum absolute atomic E-state index is 6.11. The van der Waals surface area contributed by atoms with Crippen LogP contribution in [0, 0.1) is 0 Å². The van der Waals surface area contributed by atoms with E-state index >= 15 is 0 Å². The van der Waals surface area contributed by atoms with Gasteiger partial charge in [0, 0.05) is 6.61 Å².